The van der Waals surface area contributed by atoms with Gasteiger partial charge in [0, 0.05) is 0 Å². The van der Waals surface area contributed by atoms with Gasteiger partial charge in [-0.1, -0.05) is 19.4 Å². The summed E-state index contributed by atoms with van der Waals surface area (Å²) in [5.41, 5.74) is 0. The first-order chi connectivity index (χ1) is 7.15. The summed E-state index contributed by atoms with van der Waals surface area (Å²) in [4.78, 5) is 0. The zero-order chi connectivity index (χ0) is 11.3. The van der Waals surface area contributed by atoms with Crippen LogP contribution < -0.4 is 4.74 Å². The fraction of sp³-hybridized carbons (Fsp3) is 0.455. The fourth-order valence-corrected chi connectivity index (χ4v) is 1.20. The van der Waals surface area contributed by atoms with Crippen molar-refractivity contribution in [3.8, 4) is 5.75 Å². The number of ether oxygens (including phenoxy) is 1. The molecular formula is C11H14F2O2. The molecule has 0 saturated heterocycles. The maximum atomic E-state index is 13.1. The second-order valence-corrected chi connectivity index (χ2v) is 3.31. The van der Waals surface area contributed by atoms with E-state index in [1.54, 1.807) is 0 Å². The van der Waals surface area contributed by atoms with Gasteiger partial charge in [-0.2, -0.15) is 4.39 Å². The molecule has 1 aromatic carbocycles. The highest BCUT2D eigenvalue weighted by Crippen LogP contribution is 2.19. The summed E-state index contributed by atoms with van der Waals surface area (Å²) in [5.74, 6) is -2.12. The monoisotopic (exact) mass is 216 g/mol. The van der Waals surface area contributed by atoms with E-state index in [-0.39, 0.29) is 12.4 Å². The van der Waals surface area contributed by atoms with Crippen LogP contribution in [-0.2, 0) is 0 Å². The van der Waals surface area contributed by atoms with E-state index >= 15 is 0 Å². The summed E-state index contributed by atoms with van der Waals surface area (Å²) in [6, 6.07) is 3.71. The first-order valence-electron chi connectivity index (χ1n) is 4.90. The van der Waals surface area contributed by atoms with Gasteiger partial charge in [0.2, 0.25) is 5.82 Å². The fourth-order valence-electron chi connectivity index (χ4n) is 1.20. The molecule has 0 aliphatic carbocycles. The molecular weight excluding hydrogens is 202 g/mol. The van der Waals surface area contributed by atoms with Crippen LogP contribution in [0.4, 0.5) is 8.78 Å². The summed E-state index contributed by atoms with van der Waals surface area (Å²) >= 11 is 0. The van der Waals surface area contributed by atoms with Gasteiger partial charge in [-0.15, -0.1) is 0 Å². The van der Waals surface area contributed by atoms with Crippen LogP contribution in [0.1, 0.15) is 19.8 Å². The lowest BCUT2D eigenvalue weighted by Gasteiger charge is -2.11. The van der Waals surface area contributed by atoms with Gasteiger partial charge < -0.3 is 9.84 Å². The number of hydrogen-bond donors (Lipinski definition) is 1. The van der Waals surface area contributed by atoms with Crippen LogP contribution in [0, 0.1) is 11.6 Å². The van der Waals surface area contributed by atoms with Crippen molar-refractivity contribution in [2.75, 3.05) is 6.61 Å². The summed E-state index contributed by atoms with van der Waals surface area (Å²) in [5, 5.41) is 9.33. The zero-order valence-electron chi connectivity index (χ0n) is 8.54. The van der Waals surface area contributed by atoms with Gasteiger partial charge in [0.1, 0.15) is 6.61 Å². The molecule has 1 aromatic rings. The first-order valence-corrected chi connectivity index (χ1v) is 4.90. The molecule has 1 rings (SSSR count). The molecule has 0 saturated carbocycles. The van der Waals surface area contributed by atoms with Gasteiger partial charge >= 0.3 is 0 Å². The Labute approximate surface area is 87.5 Å². The maximum Gasteiger partial charge on any atom is 0.200 e. The molecule has 0 aromatic heterocycles. The minimum Gasteiger partial charge on any atom is -0.488 e. The number of halogens is 2. The molecule has 0 spiro atoms. The Morgan fingerprint density at radius 1 is 1.40 bits per heavy atom. The van der Waals surface area contributed by atoms with Gasteiger partial charge in [-0.3, -0.25) is 0 Å². The van der Waals surface area contributed by atoms with Crippen LogP contribution in [0.25, 0.3) is 0 Å². The maximum absolute atomic E-state index is 13.1. The number of benzene rings is 1. The molecule has 0 amide bonds. The van der Waals surface area contributed by atoms with E-state index in [2.05, 4.69) is 0 Å². The third-order valence-corrected chi connectivity index (χ3v) is 1.97. The molecule has 1 atom stereocenters. The predicted molar refractivity (Wildman–Crippen MR) is 52.8 cm³/mol. The zero-order valence-corrected chi connectivity index (χ0v) is 8.54. The summed E-state index contributed by atoms with van der Waals surface area (Å²) < 4.78 is 30.8. The van der Waals surface area contributed by atoms with E-state index in [9.17, 15) is 13.9 Å². The Kier molecular flexibility index (Phi) is 4.49. The van der Waals surface area contributed by atoms with Gasteiger partial charge in [0.25, 0.3) is 0 Å². The average molecular weight is 216 g/mol. The lowest BCUT2D eigenvalue weighted by Crippen LogP contribution is -2.17. The predicted octanol–water partition coefficient (Wildman–Crippen LogP) is 2.50. The summed E-state index contributed by atoms with van der Waals surface area (Å²) in [7, 11) is 0. The Balaban J connectivity index is 2.54. The average Bonchev–Trinajstić information content (AvgIpc) is 2.21. The summed E-state index contributed by atoms with van der Waals surface area (Å²) in [6.07, 6.45) is 0.755. The minimum absolute atomic E-state index is 0.0196. The molecule has 1 unspecified atom stereocenters. The number of hydrogen-bond acceptors (Lipinski definition) is 2. The van der Waals surface area contributed by atoms with E-state index in [0.29, 0.717) is 6.42 Å². The van der Waals surface area contributed by atoms with Gasteiger partial charge in [-0.25, -0.2) is 4.39 Å². The molecule has 0 aliphatic heterocycles. The molecule has 0 heterocycles. The van der Waals surface area contributed by atoms with Crippen molar-refractivity contribution in [3.05, 3.63) is 29.8 Å². The van der Waals surface area contributed by atoms with E-state index in [1.807, 2.05) is 6.92 Å². The molecule has 4 heteroatoms. The molecule has 84 valence electrons. The minimum atomic E-state index is -1.01. The van der Waals surface area contributed by atoms with Crippen LogP contribution in [0.5, 0.6) is 5.75 Å². The largest absolute Gasteiger partial charge is 0.488 e. The number of aliphatic hydroxyl groups excluding tert-OH is 1. The Hall–Kier alpha value is -1.16. The van der Waals surface area contributed by atoms with E-state index in [4.69, 9.17) is 4.74 Å². The third-order valence-electron chi connectivity index (χ3n) is 1.97. The lowest BCUT2D eigenvalue weighted by molar-refractivity contribution is 0.0967. The third kappa shape index (κ3) is 3.47. The van der Waals surface area contributed by atoms with E-state index in [1.165, 1.54) is 12.1 Å². The standard InChI is InChI=1S/C11H14F2O2/c1-2-4-8(14)7-15-10-6-3-5-9(12)11(10)13/h3,5-6,8,14H,2,4,7H2,1H3. The second-order valence-electron chi connectivity index (χ2n) is 3.31. The quantitative estimate of drug-likeness (QED) is 0.819. The van der Waals surface area contributed by atoms with Crippen LogP contribution in [0.15, 0.2) is 18.2 Å². The van der Waals surface area contributed by atoms with Crippen LogP contribution in [-0.4, -0.2) is 17.8 Å². The van der Waals surface area contributed by atoms with E-state index < -0.39 is 17.7 Å². The summed E-state index contributed by atoms with van der Waals surface area (Å²) in [6.45, 7) is 1.90. The molecule has 15 heavy (non-hydrogen) atoms. The van der Waals surface area contributed by atoms with Gasteiger partial charge in [-0.05, 0) is 18.6 Å². The number of rotatable bonds is 5. The van der Waals surface area contributed by atoms with Crippen LogP contribution in [0.3, 0.4) is 0 Å². The Bertz CT molecular complexity index is 315. The van der Waals surface area contributed by atoms with Crippen LogP contribution >= 0.6 is 0 Å². The van der Waals surface area contributed by atoms with Gasteiger partial charge in [0.15, 0.2) is 11.6 Å². The molecule has 0 bridgehead atoms. The highest BCUT2D eigenvalue weighted by molar-refractivity contribution is 5.24. The molecule has 0 fully saturated rings. The molecule has 0 radical (unpaired) electrons. The molecule has 2 nitrogen and oxygen atoms in total. The Morgan fingerprint density at radius 3 is 2.80 bits per heavy atom. The SMILES string of the molecule is CCCC(O)COc1cccc(F)c1F. The lowest BCUT2D eigenvalue weighted by atomic mass is 10.2. The molecule has 0 aliphatic rings. The van der Waals surface area contributed by atoms with Crippen molar-refractivity contribution in [2.45, 2.75) is 25.9 Å². The van der Waals surface area contributed by atoms with Gasteiger partial charge in [0.05, 0.1) is 6.10 Å². The first kappa shape index (κ1) is 11.9. The van der Waals surface area contributed by atoms with Crippen molar-refractivity contribution in [2.24, 2.45) is 0 Å². The topological polar surface area (TPSA) is 29.5 Å². The van der Waals surface area contributed by atoms with Crippen molar-refractivity contribution >= 4 is 0 Å². The smallest absolute Gasteiger partial charge is 0.200 e. The highest BCUT2D eigenvalue weighted by atomic mass is 19.2. The van der Waals surface area contributed by atoms with Crippen molar-refractivity contribution < 1.29 is 18.6 Å². The van der Waals surface area contributed by atoms with E-state index in [0.717, 1.165) is 12.5 Å². The highest BCUT2D eigenvalue weighted by Gasteiger charge is 2.10. The number of aliphatic hydroxyl groups is 1. The molecule has 1 N–H and O–H groups in total. The van der Waals surface area contributed by atoms with Crippen LogP contribution in [0.2, 0.25) is 0 Å². The normalized spacial score (nSPS) is 12.5. The Morgan fingerprint density at radius 2 is 2.13 bits per heavy atom. The van der Waals surface area contributed by atoms with Crippen molar-refractivity contribution in [3.63, 3.8) is 0 Å². The van der Waals surface area contributed by atoms with Crippen molar-refractivity contribution in [1.82, 2.24) is 0 Å². The second kappa shape index (κ2) is 5.66. The van der Waals surface area contributed by atoms with Crippen molar-refractivity contribution in [1.29, 1.82) is 0 Å².